The predicted molar refractivity (Wildman–Crippen MR) is 71.6 cm³/mol. The second-order valence-corrected chi connectivity index (χ2v) is 5.33. The molecule has 1 atom stereocenters. The van der Waals surface area contributed by atoms with Crippen molar-refractivity contribution in [1.29, 1.82) is 0 Å². The number of aliphatic imine (C=N–C) groups is 1. The zero-order valence-electron chi connectivity index (χ0n) is 11.5. The number of pyridine rings is 1. The summed E-state index contributed by atoms with van der Waals surface area (Å²) in [4.78, 5) is 21.1. The maximum atomic E-state index is 12.1. The average molecular weight is 245 g/mol. The summed E-state index contributed by atoms with van der Waals surface area (Å²) in [5, 5.41) is 2.86. The molecule has 0 radical (unpaired) electrons. The molecule has 96 valence electrons. The third kappa shape index (κ3) is 1.92. The van der Waals surface area contributed by atoms with Crippen molar-refractivity contribution in [3.05, 3.63) is 29.1 Å². The van der Waals surface area contributed by atoms with Crippen LogP contribution in [-0.4, -0.2) is 22.3 Å². The zero-order chi connectivity index (χ0) is 13.5. The molecular weight excluding hydrogens is 226 g/mol. The molecule has 18 heavy (non-hydrogen) atoms. The van der Waals surface area contributed by atoms with Gasteiger partial charge in [0.1, 0.15) is 11.2 Å². The van der Waals surface area contributed by atoms with E-state index in [-0.39, 0.29) is 11.8 Å². The molecule has 1 aromatic heterocycles. The van der Waals surface area contributed by atoms with Crippen molar-refractivity contribution >= 4 is 11.7 Å². The van der Waals surface area contributed by atoms with Gasteiger partial charge in [-0.15, -0.1) is 0 Å². The molecule has 1 N–H and O–H groups in total. The Morgan fingerprint density at radius 3 is 2.50 bits per heavy atom. The van der Waals surface area contributed by atoms with Gasteiger partial charge in [-0.2, -0.15) is 0 Å². The van der Waals surface area contributed by atoms with Crippen LogP contribution in [0.4, 0.5) is 0 Å². The minimum atomic E-state index is -0.687. The van der Waals surface area contributed by atoms with Gasteiger partial charge in [0.25, 0.3) is 5.91 Å². The van der Waals surface area contributed by atoms with Crippen molar-refractivity contribution in [2.45, 2.75) is 40.2 Å². The van der Waals surface area contributed by atoms with Crippen molar-refractivity contribution in [3.63, 3.8) is 0 Å². The molecule has 0 fully saturated rings. The molecule has 2 heterocycles. The van der Waals surface area contributed by atoms with E-state index in [9.17, 15) is 4.79 Å². The highest BCUT2D eigenvalue weighted by Gasteiger charge is 2.42. The summed E-state index contributed by atoms with van der Waals surface area (Å²) in [6.07, 6.45) is 0. The van der Waals surface area contributed by atoms with Gasteiger partial charge in [-0.05, 0) is 38.3 Å². The Labute approximate surface area is 108 Å². The fraction of sp³-hybridized carbons (Fsp3) is 0.500. The first-order valence-electron chi connectivity index (χ1n) is 6.20. The number of nitrogens with one attached hydrogen (secondary N) is 1. The maximum Gasteiger partial charge on any atom is 0.253 e. The normalized spacial score (nSPS) is 23.2. The third-order valence-electron chi connectivity index (χ3n) is 3.62. The van der Waals surface area contributed by atoms with Crippen molar-refractivity contribution in [3.8, 4) is 0 Å². The Bertz CT molecular complexity index is 534. The number of carbonyl (C=O) groups is 1. The van der Waals surface area contributed by atoms with Crippen LogP contribution >= 0.6 is 0 Å². The molecule has 0 bridgehead atoms. The fourth-order valence-corrected chi connectivity index (χ4v) is 1.91. The lowest BCUT2D eigenvalue weighted by molar-refractivity contribution is -0.124. The third-order valence-corrected chi connectivity index (χ3v) is 3.62. The van der Waals surface area contributed by atoms with Crippen LogP contribution in [0.2, 0.25) is 0 Å². The standard InChI is InChI=1S/C14H19N3O/c1-8(2)14(5)13(18)16-12(17-14)11-9(3)6-7-10(4)15-11/h6-8H,1-5H3,(H,16,17,18). The molecule has 4 heteroatoms. The highest BCUT2D eigenvalue weighted by Crippen LogP contribution is 2.27. The summed E-state index contributed by atoms with van der Waals surface area (Å²) < 4.78 is 0. The van der Waals surface area contributed by atoms with Gasteiger partial charge in [0.2, 0.25) is 0 Å². The molecule has 0 saturated carbocycles. The Morgan fingerprint density at radius 1 is 1.28 bits per heavy atom. The minimum Gasteiger partial charge on any atom is -0.307 e. The van der Waals surface area contributed by atoms with Crippen LogP contribution in [0.15, 0.2) is 17.1 Å². The fourth-order valence-electron chi connectivity index (χ4n) is 1.91. The average Bonchev–Trinajstić information content (AvgIpc) is 2.60. The van der Waals surface area contributed by atoms with E-state index in [1.54, 1.807) is 0 Å². The molecule has 0 saturated heterocycles. The molecule has 0 aromatic carbocycles. The summed E-state index contributed by atoms with van der Waals surface area (Å²) in [5.74, 6) is 0.702. The van der Waals surface area contributed by atoms with E-state index in [2.05, 4.69) is 15.3 Å². The number of aromatic nitrogens is 1. The van der Waals surface area contributed by atoms with Crippen LogP contribution in [0.1, 0.15) is 37.7 Å². The van der Waals surface area contributed by atoms with E-state index < -0.39 is 5.54 Å². The highest BCUT2D eigenvalue weighted by atomic mass is 16.2. The number of nitrogens with zero attached hydrogens (tertiary/aromatic N) is 2. The number of amides is 1. The highest BCUT2D eigenvalue weighted by molar-refractivity contribution is 6.15. The van der Waals surface area contributed by atoms with Crippen LogP contribution in [-0.2, 0) is 4.79 Å². The van der Waals surface area contributed by atoms with Gasteiger partial charge in [-0.25, -0.2) is 9.98 Å². The molecular formula is C14H19N3O. The molecule has 1 aliphatic heterocycles. The Morgan fingerprint density at radius 2 is 1.94 bits per heavy atom. The summed E-state index contributed by atoms with van der Waals surface area (Å²) in [6.45, 7) is 9.78. The lowest BCUT2D eigenvalue weighted by atomic mass is 9.89. The molecule has 0 spiro atoms. The first-order valence-corrected chi connectivity index (χ1v) is 6.20. The second kappa shape index (κ2) is 4.19. The van der Waals surface area contributed by atoms with Gasteiger partial charge in [-0.1, -0.05) is 19.9 Å². The van der Waals surface area contributed by atoms with Crippen LogP contribution in [0.5, 0.6) is 0 Å². The van der Waals surface area contributed by atoms with E-state index in [1.165, 1.54) is 0 Å². The Hall–Kier alpha value is -1.71. The van der Waals surface area contributed by atoms with Crippen molar-refractivity contribution in [2.24, 2.45) is 10.9 Å². The molecule has 0 aliphatic carbocycles. The molecule has 2 rings (SSSR count). The van der Waals surface area contributed by atoms with Gasteiger partial charge in [-0.3, -0.25) is 4.79 Å². The number of hydrogen-bond donors (Lipinski definition) is 1. The summed E-state index contributed by atoms with van der Waals surface area (Å²) in [6, 6.07) is 3.95. The smallest absolute Gasteiger partial charge is 0.253 e. The summed E-state index contributed by atoms with van der Waals surface area (Å²) in [5.41, 5.74) is 2.03. The SMILES string of the molecule is Cc1ccc(C)c(C2=NC(C)(C(C)C)C(=O)N2)n1. The van der Waals surface area contributed by atoms with Crippen LogP contribution in [0.25, 0.3) is 0 Å². The maximum absolute atomic E-state index is 12.1. The number of rotatable bonds is 2. The van der Waals surface area contributed by atoms with Crippen molar-refractivity contribution in [2.75, 3.05) is 0 Å². The molecule has 1 unspecified atom stereocenters. The van der Waals surface area contributed by atoms with Crippen LogP contribution < -0.4 is 5.32 Å². The Balaban J connectivity index is 2.48. The van der Waals surface area contributed by atoms with E-state index >= 15 is 0 Å². The second-order valence-electron chi connectivity index (χ2n) is 5.33. The molecule has 1 aromatic rings. The lowest BCUT2D eigenvalue weighted by Crippen LogP contribution is -2.41. The molecule has 1 aliphatic rings. The van der Waals surface area contributed by atoms with Gasteiger partial charge < -0.3 is 5.32 Å². The predicted octanol–water partition coefficient (Wildman–Crippen LogP) is 1.99. The number of carbonyl (C=O) groups excluding carboxylic acids is 1. The van der Waals surface area contributed by atoms with Gasteiger partial charge in [0.05, 0.1) is 0 Å². The van der Waals surface area contributed by atoms with Gasteiger partial charge >= 0.3 is 0 Å². The monoisotopic (exact) mass is 245 g/mol. The van der Waals surface area contributed by atoms with E-state index in [0.29, 0.717) is 5.84 Å². The van der Waals surface area contributed by atoms with E-state index in [4.69, 9.17) is 0 Å². The van der Waals surface area contributed by atoms with Crippen molar-refractivity contribution < 1.29 is 4.79 Å². The van der Waals surface area contributed by atoms with Gasteiger partial charge in [0.15, 0.2) is 5.84 Å². The van der Waals surface area contributed by atoms with E-state index in [0.717, 1.165) is 17.0 Å². The zero-order valence-corrected chi connectivity index (χ0v) is 11.5. The van der Waals surface area contributed by atoms with E-state index in [1.807, 2.05) is 46.8 Å². The van der Waals surface area contributed by atoms with Crippen LogP contribution in [0, 0.1) is 19.8 Å². The molecule has 4 nitrogen and oxygen atoms in total. The number of hydrogen-bond acceptors (Lipinski definition) is 3. The lowest BCUT2D eigenvalue weighted by Gasteiger charge is -2.21. The van der Waals surface area contributed by atoms with Crippen LogP contribution in [0.3, 0.4) is 0 Å². The summed E-state index contributed by atoms with van der Waals surface area (Å²) >= 11 is 0. The largest absolute Gasteiger partial charge is 0.307 e. The number of aryl methyl sites for hydroxylation is 2. The minimum absolute atomic E-state index is 0.0461. The first kappa shape index (κ1) is 12.7. The van der Waals surface area contributed by atoms with Crippen molar-refractivity contribution in [1.82, 2.24) is 10.3 Å². The quantitative estimate of drug-likeness (QED) is 0.866. The first-order chi connectivity index (χ1) is 8.34. The Kier molecular flexibility index (Phi) is 2.97. The topological polar surface area (TPSA) is 54.4 Å². The van der Waals surface area contributed by atoms with Gasteiger partial charge in [0, 0.05) is 5.69 Å². The number of amidine groups is 1. The summed E-state index contributed by atoms with van der Waals surface area (Å²) in [7, 11) is 0. The molecule has 1 amide bonds.